The van der Waals surface area contributed by atoms with Crippen LogP contribution in [0.1, 0.15) is 45.2 Å². The van der Waals surface area contributed by atoms with Crippen molar-refractivity contribution in [2.75, 3.05) is 7.05 Å². The van der Waals surface area contributed by atoms with Gasteiger partial charge in [0.1, 0.15) is 0 Å². The van der Waals surface area contributed by atoms with Crippen molar-refractivity contribution in [1.29, 1.82) is 0 Å². The van der Waals surface area contributed by atoms with E-state index >= 15 is 0 Å². The van der Waals surface area contributed by atoms with Crippen molar-refractivity contribution in [1.82, 2.24) is 5.32 Å². The minimum atomic E-state index is 0.408. The van der Waals surface area contributed by atoms with E-state index in [1.54, 1.807) is 0 Å². The van der Waals surface area contributed by atoms with Gasteiger partial charge in [0.05, 0.1) is 0 Å². The lowest BCUT2D eigenvalue weighted by molar-refractivity contribution is 0.366. The summed E-state index contributed by atoms with van der Waals surface area (Å²) in [5.41, 5.74) is 1.34. The molecule has 102 valence electrons. The molecule has 1 nitrogen and oxygen atoms in total. The normalized spacial score (nSPS) is 14.8. The number of halogens is 2. The summed E-state index contributed by atoms with van der Waals surface area (Å²) in [4.78, 5) is 0. The van der Waals surface area contributed by atoms with Gasteiger partial charge in [0, 0.05) is 15.0 Å². The summed E-state index contributed by atoms with van der Waals surface area (Å²) in [6, 6.07) is 6.79. The highest BCUT2D eigenvalue weighted by Crippen LogP contribution is 2.31. The number of hydrogen-bond acceptors (Lipinski definition) is 1. The number of hydrogen-bond donors (Lipinski definition) is 1. The Labute approximate surface area is 128 Å². The average molecular weight is 377 g/mol. The van der Waals surface area contributed by atoms with Gasteiger partial charge in [-0.2, -0.15) is 0 Å². The molecule has 0 fully saturated rings. The van der Waals surface area contributed by atoms with Crippen molar-refractivity contribution in [3.05, 3.63) is 32.7 Å². The monoisotopic (exact) mass is 375 g/mol. The molecule has 2 atom stereocenters. The van der Waals surface area contributed by atoms with Gasteiger partial charge in [-0.3, -0.25) is 0 Å². The Balaban J connectivity index is 2.79. The number of rotatable bonds is 6. The van der Waals surface area contributed by atoms with E-state index in [9.17, 15) is 0 Å². The minimum Gasteiger partial charge on any atom is -0.313 e. The molecular weight excluding hydrogens is 354 g/mol. The first-order chi connectivity index (χ1) is 8.43. The van der Waals surface area contributed by atoms with Crippen LogP contribution in [0, 0.1) is 11.8 Å². The Bertz CT molecular complexity index is 377. The molecule has 0 radical (unpaired) electrons. The van der Waals surface area contributed by atoms with Gasteiger partial charge in [0.15, 0.2) is 0 Å². The van der Waals surface area contributed by atoms with Crippen molar-refractivity contribution in [2.24, 2.45) is 11.8 Å². The fourth-order valence-corrected chi connectivity index (χ4v) is 3.39. The first-order valence-electron chi connectivity index (χ1n) is 6.56. The van der Waals surface area contributed by atoms with Crippen molar-refractivity contribution < 1.29 is 0 Å². The minimum absolute atomic E-state index is 0.408. The van der Waals surface area contributed by atoms with Crippen molar-refractivity contribution in [2.45, 2.75) is 39.7 Å². The van der Waals surface area contributed by atoms with Gasteiger partial charge in [-0.25, -0.2) is 0 Å². The van der Waals surface area contributed by atoms with Gasteiger partial charge in [0.25, 0.3) is 0 Å². The van der Waals surface area contributed by atoms with Gasteiger partial charge < -0.3 is 5.32 Å². The molecule has 1 rings (SSSR count). The first-order valence-corrected chi connectivity index (χ1v) is 8.14. The highest BCUT2D eigenvalue weighted by Gasteiger charge is 2.17. The second-order valence-corrected chi connectivity index (χ2v) is 7.25. The largest absolute Gasteiger partial charge is 0.313 e. The fourth-order valence-electron chi connectivity index (χ4n) is 2.49. The van der Waals surface area contributed by atoms with E-state index in [0.717, 1.165) is 16.3 Å². The Kier molecular flexibility index (Phi) is 6.89. The zero-order valence-electron chi connectivity index (χ0n) is 11.6. The summed E-state index contributed by atoms with van der Waals surface area (Å²) >= 11 is 7.20. The molecule has 0 heterocycles. The van der Waals surface area contributed by atoms with Gasteiger partial charge in [0.2, 0.25) is 0 Å². The van der Waals surface area contributed by atoms with Crippen LogP contribution >= 0.6 is 31.9 Å². The molecule has 0 bridgehead atoms. The van der Waals surface area contributed by atoms with Crippen LogP contribution in [-0.4, -0.2) is 7.05 Å². The summed E-state index contributed by atoms with van der Waals surface area (Å²) in [6.07, 6.45) is 2.45. The number of nitrogens with one attached hydrogen (secondary N) is 1. The third kappa shape index (κ3) is 5.02. The predicted molar refractivity (Wildman–Crippen MR) is 86.9 cm³/mol. The Morgan fingerprint density at radius 1 is 1.11 bits per heavy atom. The maximum Gasteiger partial charge on any atom is 0.0331 e. The molecule has 3 heteroatoms. The molecule has 0 aliphatic heterocycles. The molecule has 0 aliphatic rings. The second kappa shape index (κ2) is 7.66. The van der Waals surface area contributed by atoms with E-state index in [1.807, 2.05) is 7.05 Å². The van der Waals surface area contributed by atoms with Gasteiger partial charge in [-0.05, 0) is 55.5 Å². The average Bonchev–Trinajstić information content (AvgIpc) is 2.28. The standard InChI is InChI=1S/C15H23Br2N/c1-10(2)7-11(3)8-15(18-4)13-9-12(16)5-6-14(13)17/h5-6,9-11,15,18H,7-8H2,1-4H3. The lowest BCUT2D eigenvalue weighted by Gasteiger charge is -2.23. The topological polar surface area (TPSA) is 12.0 Å². The molecule has 0 aromatic heterocycles. The van der Waals surface area contributed by atoms with E-state index in [0.29, 0.717) is 6.04 Å². The quantitative estimate of drug-likeness (QED) is 0.686. The van der Waals surface area contributed by atoms with Crippen LogP contribution in [0.25, 0.3) is 0 Å². The highest BCUT2D eigenvalue weighted by molar-refractivity contribution is 9.11. The molecule has 1 aromatic rings. The van der Waals surface area contributed by atoms with Gasteiger partial charge in [-0.15, -0.1) is 0 Å². The lowest BCUT2D eigenvalue weighted by atomic mass is 9.90. The van der Waals surface area contributed by atoms with Crippen molar-refractivity contribution in [3.8, 4) is 0 Å². The van der Waals surface area contributed by atoms with E-state index in [4.69, 9.17) is 0 Å². The Hall–Kier alpha value is 0.140. The summed E-state index contributed by atoms with van der Waals surface area (Å²) in [7, 11) is 2.04. The van der Waals surface area contributed by atoms with Crippen LogP contribution in [0.15, 0.2) is 27.1 Å². The second-order valence-electron chi connectivity index (χ2n) is 5.48. The summed E-state index contributed by atoms with van der Waals surface area (Å²) in [5, 5.41) is 3.44. The first kappa shape index (κ1) is 16.2. The zero-order chi connectivity index (χ0) is 13.7. The van der Waals surface area contributed by atoms with E-state index < -0.39 is 0 Å². The van der Waals surface area contributed by atoms with Crippen molar-refractivity contribution >= 4 is 31.9 Å². The molecule has 0 amide bonds. The fraction of sp³-hybridized carbons (Fsp3) is 0.600. The highest BCUT2D eigenvalue weighted by atomic mass is 79.9. The van der Waals surface area contributed by atoms with E-state index in [-0.39, 0.29) is 0 Å². The molecular formula is C15H23Br2N. The SMILES string of the molecule is CNC(CC(C)CC(C)C)c1cc(Br)ccc1Br. The number of benzene rings is 1. The van der Waals surface area contributed by atoms with E-state index in [2.05, 4.69) is 76.1 Å². The lowest BCUT2D eigenvalue weighted by Crippen LogP contribution is -2.20. The van der Waals surface area contributed by atoms with Crippen LogP contribution < -0.4 is 5.32 Å². The third-order valence-electron chi connectivity index (χ3n) is 3.19. The van der Waals surface area contributed by atoms with Crippen LogP contribution in [0.3, 0.4) is 0 Å². The van der Waals surface area contributed by atoms with Gasteiger partial charge >= 0.3 is 0 Å². The maximum absolute atomic E-state index is 3.65. The molecule has 2 unspecified atom stereocenters. The molecule has 0 saturated carbocycles. The van der Waals surface area contributed by atoms with Gasteiger partial charge in [-0.1, -0.05) is 52.6 Å². The molecule has 0 spiro atoms. The van der Waals surface area contributed by atoms with Crippen LogP contribution in [-0.2, 0) is 0 Å². The third-order valence-corrected chi connectivity index (χ3v) is 4.41. The van der Waals surface area contributed by atoms with Crippen LogP contribution in [0.5, 0.6) is 0 Å². The van der Waals surface area contributed by atoms with Crippen LogP contribution in [0.2, 0.25) is 0 Å². The summed E-state index contributed by atoms with van der Waals surface area (Å²) in [5.74, 6) is 1.50. The Morgan fingerprint density at radius 2 is 1.78 bits per heavy atom. The van der Waals surface area contributed by atoms with Crippen LogP contribution in [0.4, 0.5) is 0 Å². The maximum atomic E-state index is 3.65. The smallest absolute Gasteiger partial charge is 0.0331 e. The zero-order valence-corrected chi connectivity index (χ0v) is 14.8. The summed E-state index contributed by atoms with van der Waals surface area (Å²) < 4.78 is 2.32. The predicted octanol–water partition coefficient (Wildman–Crippen LogP) is 5.54. The summed E-state index contributed by atoms with van der Waals surface area (Å²) in [6.45, 7) is 6.93. The van der Waals surface area contributed by atoms with Crippen molar-refractivity contribution in [3.63, 3.8) is 0 Å². The molecule has 0 aliphatic carbocycles. The molecule has 18 heavy (non-hydrogen) atoms. The molecule has 1 N–H and O–H groups in total. The molecule has 0 saturated heterocycles. The van der Waals surface area contributed by atoms with E-state index in [1.165, 1.54) is 22.9 Å². The molecule has 1 aromatic carbocycles. The Morgan fingerprint density at radius 3 is 2.33 bits per heavy atom.